The molecule has 0 heterocycles. The average Bonchev–Trinajstić information content (AvgIpc) is 3.16. The van der Waals surface area contributed by atoms with Crippen LogP contribution in [-0.2, 0) is 0 Å². The van der Waals surface area contributed by atoms with E-state index in [2.05, 4.69) is 30.4 Å². The first-order valence-corrected chi connectivity index (χ1v) is 6.45. The van der Waals surface area contributed by atoms with Crippen LogP contribution in [-0.4, -0.2) is 6.54 Å². The highest BCUT2D eigenvalue weighted by atomic mass is 14.9. The molecule has 17 heavy (non-hydrogen) atoms. The fourth-order valence-corrected chi connectivity index (χ4v) is 2.26. The summed E-state index contributed by atoms with van der Waals surface area (Å²) < 4.78 is 0. The number of hydrogen-bond acceptors (Lipinski definition) is 2. The Morgan fingerprint density at radius 1 is 1.35 bits per heavy atom. The molecular weight excluding hydrogens is 208 g/mol. The van der Waals surface area contributed by atoms with Crippen molar-refractivity contribution in [2.24, 2.45) is 5.41 Å². The van der Waals surface area contributed by atoms with Gasteiger partial charge in [0.05, 0.1) is 12.5 Å². The van der Waals surface area contributed by atoms with Gasteiger partial charge in [0.1, 0.15) is 0 Å². The molecule has 1 aromatic carbocycles. The van der Waals surface area contributed by atoms with E-state index >= 15 is 0 Å². The summed E-state index contributed by atoms with van der Waals surface area (Å²) in [6, 6.07) is 12.7. The minimum Gasteiger partial charge on any atom is -0.309 e. The molecular formula is C15H20N2. The monoisotopic (exact) mass is 228 g/mol. The van der Waals surface area contributed by atoms with E-state index < -0.39 is 0 Å². The molecule has 1 saturated carbocycles. The van der Waals surface area contributed by atoms with Crippen molar-refractivity contribution in [1.29, 1.82) is 5.26 Å². The standard InChI is InChI=1S/C15H20N2/c1-2-15(9-10-15)12-17-14(8-11-16)13-6-4-3-5-7-13/h3-7,14,17H,2,8-10,12H2,1H3. The first kappa shape index (κ1) is 12.1. The van der Waals surface area contributed by atoms with Crippen LogP contribution in [0.25, 0.3) is 0 Å². The predicted molar refractivity (Wildman–Crippen MR) is 69.4 cm³/mol. The third-order valence-electron chi connectivity index (χ3n) is 3.93. The van der Waals surface area contributed by atoms with Crippen molar-refractivity contribution in [1.82, 2.24) is 5.32 Å². The lowest BCUT2D eigenvalue weighted by Gasteiger charge is -2.20. The molecule has 0 spiro atoms. The number of rotatable bonds is 6. The molecule has 1 atom stereocenters. The molecule has 1 unspecified atom stereocenters. The van der Waals surface area contributed by atoms with Crippen molar-refractivity contribution >= 4 is 0 Å². The van der Waals surface area contributed by atoms with E-state index in [-0.39, 0.29) is 6.04 Å². The van der Waals surface area contributed by atoms with Gasteiger partial charge in [-0.15, -0.1) is 0 Å². The molecule has 0 amide bonds. The van der Waals surface area contributed by atoms with E-state index in [0.29, 0.717) is 11.8 Å². The number of nitrogens with zero attached hydrogens (tertiary/aromatic N) is 1. The maximum atomic E-state index is 8.91. The molecule has 2 heteroatoms. The summed E-state index contributed by atoms with van der Waals surface area (Å²) in [5.41, 5.74) is 1.75. The van der Waals surface area contributed by atoms with Gasteiger partial charge in [-0.05, 0) is 30.2 Å². The highest BCUT2D eigenvalue weighted by Crippen LogP contribution is 2.48. The summed E-state index contributed by atoms with van der Waals surface area (Å²) in [7, 11) is 0. The quantitative estimate of drug-likeness (QED) is 0.809. The lowest BCUT2D eigenvalue weighted by Crippen LogP contribution is -2.28. The Bertz CT molecular complexity index is 387. The first-order valence-electron chi connectivity index (χ1n) is 6.45. The molecule has 0 aromatic heterocycles. The molecule has 1 aliphatic carbocycles. The summed E-state index contributed by atoms with van der Waals surface area (Å²) in [6.07, 6.45) is 4.47. The zero-order valence-corrected chi connectivity index (χ0v) is 10.4. The van der Waals surface area contributed by atoms with Crippen LogP contribution in [0.2, 0.25) is 0 Å². The van der Waals surface area contributed by atoms with E-state index in [0.717, 1.165) is 6.54 Å². The molecule has 2 nitrogen and oxygen atoms in total. The molecule has 1 aromatic rings. The number of benzene rings is 1. The third kappa shape index (κ3) is 3.08. The molecule has 0 bridgehead atoms. The number of nitrogens with one attached hydrogen (secondary N) is 1. The van der Waals surface area contributed by atoms with Gasteiger partial charge in [0.15, 0.2) is 0 Å². The Hall–Kier alpha value is -1.33. The van der Waals surface area contributed by atoms with E-state index in [9.17, 15) is 0 Å². The van der Waals surface area contributed by atoms with Crippen molar-refractivity contribution in [3.05, 3.63) is 35.9 Å². The van der Waals surface area contributed by atoms with Crippen LogP contribution in [0.5, 0.6) is 0 Å². The smallest absolute Gasteiger partial charge is 0.0641 e. The Labute approximate surface area is 104 Å². The molecule has 1 aliphatic rings. The Morgan fingerprint density at radius 2 is 2.06 bits per heavy atom. The van der Waals surface area contributed by atoms with Crippen LogP contribution in [0.3, 0.4) is 0 Å². The molecule has 0 radical (unpaired) electrons. The fourth-order valence-electron chi connectivity index (χ4n) is 2.26. The van der Waals surface area contributed by atoms with Crippen LogP contribution >= 0.6 is 0 Å². The zero-order valence-electron chi connectivity index (χ0n) is 10.4. The topological polar surface area (TPSA) is 35.8 Å². The second kappa shape index (κ2) is 5.33. The first-order chi connectivity index (χ1) is 8.29. The molecule has 0 saturated heterocycles. The maximum absolute atomic E-state index is 8.91. The highest BCUT2D eigenvalue weighted by Gasteiger charge is 2.40. The average molecular weight is 228 g/mol. The second-order valence-electron chi connectivity index (χ2n) is 5.06. The fraction of sp³-hybridized carbons (Fsp3) is 0.533. The Kier molecular flexibility index (Phi) is 3.81. The van der Waals surface area contributed by atoms with Gasteiger partial charge in [-0.3, -0.25) is 0 Å². The lowest BCUT2D eigenvalue weighted by atomic mass is 10.0. The highest BCUT2D eigenvalue weighted by molar-refractivity contribution is 5.20. The van der Waals surface area contributed by atoms with Gasteiger partial charge in [0.25, 0.3) is 0 Å². The van der Waals surface area contributed by atoms with E-state index in [4.69, 9.17) is 5.26 Å². The minimum atomic E-state index is 0.185. The summed E-state index contributed by atoms with van der Waals surface area (Å²) in [4.78, 5) is 0. The SMILES string of the molecule is CCC1(CNC(CC#N)c2ccccc2)CC1. The van der Waals surface area contributed by atoms with Crippen molar-refractivity contribution in [3.63, 3.8) is 0 Å². The van der Waals surface area contributed by atoms with E-state index in [1.807, 2.05) is 18.2 Å². The molecule has 1 fully saturated rings. The van der Waals surface area contributed by atoms with Gasteiger partial charge in [0, 0.05) is 12.6 Å². The zero-order chi connectivity index (χ0) is 12.1. The number of hydrogen-bond donors (Lipinski definition) is 1. The Morgan fingerprint density at radius 3 is 2.59 bits per heavy atom. The van der Waals surface area contributed by atoms with Gasteiger partial charge in [-0.25, -0.2) is 0 Å². The predicted octanol–water partition coefficient (Wildman–Crippen LogP) is 3.42. The van der Waals surface area contributed by atoms with Gasteiger partial charge < -0.3 is 5.32 Å². The normalized spacial score (nSPS) is 18.4. The summed E-state index contributed by atoms with van der Waals surface area (Å²) >= 11 is 0. The van der Waals surface area contributed by atoms with Crippen LogP contribution < -0.4 is 5.32 Å². The molecule has 90 valence electrons. The van der Waals surface area contributed by atoms with E-state index in [1.54, 1.807) is 0 Å². The van der Waals surface area contributed by atoms with Crippen LogP contribution in [0.1, 0.15) is 44.2 Å². The van der Waals surface area contributed by atoms with Crippen LogP contribution in [0.4, 0.5) is 0 Å². The molecule has 1 N–H and O–H groups in total. The summed E-state index contributed by atoms with van der Waals surface area (Å²) in [6.45, 7) is 3.31. The van der Waals surface area contributed by atoms with Gasteiger partial charge >= 0.3 is 0 Å². The molecule has 0 aliphatic heterocycles. The second-order valence-corrected chi connectivity index (χ2v) is 5.06. The van der Waals surface area contributed by atoms with Crippen molar-refractivity contribution in [2.45, 2.75) is 38.6 Å². The van der Waals surface area contributed by atoms with Gasteiger partial charge in [-0.1, -0.05) is 37.3 Å². The largest absolute Gasteiger partial charge is 0.309 e. The number of nitriles is 1. The van der Waals surface area contributed by atoms with E-state index in [1.165, 1.54) is 24.8 Å². The third-order valence-corrected chi connectivity index (χ3v) is 3.93. The Balaban J connectivity index is 1.96. The molecule has 2 rings (SSSR count). The summed E-state index contributed by atoms with van der Waals surface area (Å²) in [5.74, 6) is 0. The van der Waals surface area contributed by atoms with Crippen molar-refractivity contribution < 1.29 is 0 Å². The minimum absolute atomic E-state index is 0.185. The van der Waals surface area contributed by atoms with Gasteiger partial charge in [0.2, 0.25) is 0 Å². The van der Waals surface area contributed by atoms with Crippen LogP contribution in [0.15, 0.2) is 30.3 Å². The van der Waals surface area contributed by atoms with Crippen LogP contribution in [0, 0.1) is 16.7 Å². The summed E-state index contributed by atoms with van der Waals surface area (Å²) in [5, 5.41) is 12.5. The van der Waals surface area contributed by atoms with Gasteiger partial charge in [-0.2, -0.15) is 5.26 Å². The maximum Gasteiger partial charge on any atom is 0.0641 e. The van der Waals surface area contributed by atoms with Crippen molar-refractivity contribution in [2.75, 3.05) is 6.54 Å². The lowest BCUT2D eigenvalue weighted by molar-refractivity contribution is 0.406. The van der Waals surface area contributed by atoms with Crippen molar-refractivity contribution in [3.8, 4) is 6.07 Å².